The van der Waals surface area contributed by atoms with Crippen LogP contribution in [0.3, 0.4) is 0 Å². The quantitative estimate of drug-likeness (QED) is 0.622. The predicted molar refractivity (Wildman–Crippen MR) is 87.5 cm³/mol. The first-order valence-corrected chi connectivity index (χ1v) is 9.75. The van der Waals surface area contributed by atoms with Crippen molar-refractivity contribution in [3.05, 3.63) is 28.3 Å². The molecule has 1 atom stereocenters. The molecule has 0 amide bonds. The topological polar surface area (TPSA) is 106 Å². The largest absolute Gasteiger partial charge is 0.383 e. The highest BCUT2D eigenvalue weighted by Gasteiger charge is 2.20. The Labute approximate surface area is 132 Å². The van der Waals surface area contributed by atoms with Crippen molar-refractivity contribution in [1.29, 1.82) is 0 Å². The number of hydrogen-bond donors (Lipinski definition) is 1. The lowest BCUT2D eigenvalue weighted by Gasteiger charge is -2.18. The molecule has 0 aromatic heterocycles. The predicted octanol–water partition coefficient (Wildman–Crippen LogP) is 1.96. The zero-order valence-corrected chi connectivity index (χ0v) is 14.6. The van der Waals surface area contributed by atoms with E-state index in [2.05, 4.69) is 5.32 Å². The molecule has 0 fully saturated rings. The van der Waals surface area contributed by atoms with E-state index in [0.717, 1.165) is 12.3 Å². The van der Waals surface area contributed by atoms with E-state index >= 15 is 0 Å². The lowest BCUT2D eigenvalue weighted by atomic mass is 10.3. The summed E-state index contributed by atoms with van der Waals surface area (Å²) in [6.07, 6.45) is 0.991. The van der Waals surface area contributed by atoms with Gasteiger partial charge >= 0.3 is 0 Å². The first-order chi connectivity index (χ1) is 9.93. The second kappa shape index (κ2) is 6.74. The average molecular weight is 348 g/mol. The van der Waals surface area contributed by atoms with Crippen LogP contribution in [0.5, 0.6) is 0 Å². The second-order valence-corrected chi connectivity index (χ2v) is 10.1. The summed E-state index contributed by atoms with van der Waals surface area (Å²) in [4.78, 5) is 9.97. The van der Waals surface area contributed by atoms with Crippen molar-refractivity contribution in [3.8, 4) is 0 Å². The molecule has 0 aliphatic heterocycles. The highest BCUT2D eigenvalue weighted by atomic mass is 32.2. The number of nitro groups is 1. The highest BCUT2D eigenvalue weighted by molar-refractivity contribution is 7.90. The highest BCUT2D eigenvalue weighted by Crippen LogP contribution is 2.26. The molecular formula is C13H20N2O5S2. The monoisotopic (exact) mass is 348 g/mol. The number of benzene rings is 1. The van der Waals surface area contributed by atoms with Crippen molar-refractivity contribution in [2.45, 2.75) is 30.4 Å². The van der Waals surface area contributed by atoms with Gasteiger partial charge in [-0.1, -0.05) is 0 Å². The average Bonchev–Trinajstić information content (AvgIpc) is 2.36. The molecule has 0 bridgehead atoms. The van der Waals surface area contributed by atoms with Gasteiger partial charge in [0.15, 0.2) is 9.84 Å². The van der Waals surface area contributed by atoms with E-state index in [1.54, 1.807) is 0 Å². The van der Waals surface area contributed by atoms with Crippen LogP contribution in [0.2, 0.25) is 0 Å². The van der Waals surface area contributed by atoms with Gasteiger partial charge in [0.1, 0.15) is 0 Å². The summed E-state index contributed by atoms with van der Waals surface area (Å²) in [7, 11) is -4.68. The van der Waals surface area contributed by atoms with E-state index in [9.17, 15) is 22.7 Å². The molecule has 1 aromatic carbocycles. The van der Waals surface area contributed by atoms with Crippen LogP contribution >= 0.6 is 0 Å². The lowest BCUT2D eigenvalue weighted by molar-refractivity contribution is -0.385. The van der Waals surface area contributed by atoms with Gasteiger partial charge in [-0.05, 0) is 26.8 Å². The summed E-state index contributed by atoms with van der Waals surface area (Å²) in [6.45, 7) is 5.88. The van der Waals surface area contributed by atoms with Crippen molar-refractivity contribution in [2.75, 3.05) is 23.9 Å². The molecule has 0 aliphatic carbocycles. The van der Waals surface area contributed by atoms with Gasteiger partial charge in [-0.15, -0.1) is 0 Å². The van der Waals surface area contributed by atoms with Gasteiger partial charge in [-0.25, -0.2) is 8.42 Å². The zero-order chi connectivity index (χ0) is 17.1. The molecule has 1 unspecified atom stereocenters. The normalized spacial score (nSPS) is 13.6. The van der Waals surface area contributed by atoms with Crippen LogP contribution in [-0.2, 0) is 20.6 Å². The number of nitrogens with zero attached hydrogens (tertiary/aromatic N) is 1. The van der Waals surface area contributed by atoms with Gasteiger partial charge in [0.2, 0.25) is 0 Å². The number of anilines is 1. The Hall–Kier alpha value is -1.48. The van der Waals surface area contributed by atoms with Gasteiger partial charge in [0, 0.05) is 46.2 Å². The summed E-state index contributed by atoms with van der Waals surface area (Å²) >= 11 is 0. The summed E-state index contributed by atoms with van der Waals surface area (Å²) in [5.41, 5.74) is -0.0109. The maximum absolute atomic E-state index is 11.9. The molecule has 0 saturated heterocycles. The summed E-state index contributed by atoms with van der Waals surface area (Å²) in [6, 6.07) is 3.62. The SMILES string of the molecule is CC(C)(C)S(=O)CCNc1ccc([N+](=O)[O-])cc1S(C)(=O)=O. The van der Waals surface area contributed by atoms with E-state index in [1.807, 2.05) is 20.8 Å². The van der Waals surface area contributed by atoms with Crippen molar-refractivity contribution in [3.63, 3.8) is 0 Å². The third-order valence-electron chi connectivity index (χ3n) is 2.86. The van der Waals surface area contributed by atoms with Crippen LogP contribution in [0.1, 0.15) is 20.8 Å². The lowest BCUT2D eigenvalue weighted by Crippen LogP contribution is -2.27. The molecule has 1 N–H and O–H groups in total. The van der Waals surface area contributed by atoms with E-state index in [4.69, 9.17) is 0 Å². The Balaban J connectivity index is 2.96. The Bertz CT molecular complexity index is 693. The number of non-ortho nitro benzene ring substituents is 1. The molecule has 0 heterocycles. The Morgan fingerprint density at radius 2 is 1.91 bits per heavy atom. The standard InChI is InChI=1S/C13H20N2O5S2/c1-13(2,3)21(18)8-7-14-11-6-5-10(15(16)17)9-12(11)22(4,19)20/h5-6,9,14H,7-8H2,1-4H3. The van der Waals surface area contributed by atoms with Crippen LogP contribution in [0.15, 0.2) is 23.1 Å². The van der Waals surface area contributed by atoms with E-state index in [1.165, 1.54) is 12.1 Å². The molecule has 1 rings (SSSR count). The third-order valence-corrected chi connectivity index (χ3v) is 5.94. The van der Waals surface area contributed by atoms with Crippen molar-refractivity contribution >= 4 is 32.0 Å². The zero-order valence-electron chi connectivity index (χ0n) is 13.0. The van der Waals surface area contributed by atoms with Gasteiger partial charge in [-0.2, -0.15) is 0 Å². The molecule has 9 heteroatoms. The number of nitrogens with one attached hydrogen (secondary N) is 1. The minimum Gasteiger partial charge on any atom is -0.383 e. The fourth-order valence-electron chi connectivity index (χ4n) is 1.66. The first-order valence-electron chi connectivity index (χ1n) is 6.54. The van der Waals surface area contributed by atoms with Crippen LogP contribution in [0, 0.1) is 10.1 Å². The summed E-state index contributed by atoms with van der Waals surface area (Å²) in [5.74, 6) is 0.351. The number of nitro benzene ring substituents is 1. The van der Waals surface area contributed by atoms with E-state index in [0.29, 0.717) is 12.3 Å². The number of hydrogen-bond acceptors (Lipinski definition) is 6. The minimum absolute atomic E-state index is 0.136. The molecule has 0 spiro atoms. The second-order valence-electron chi connectivity index (χ2n) is 5.80. The molecule has 1 aromatic rings. The van der Waals surface area contributed by atoms with E-state index in [-0.39, 0.29) is 21.0 Å². The smallest absolute Gasteiger partial charge is 0.270 e. The van der Waals surface area contributed by atoms with Crippen LogP contribution < -0.4 is 5.32 Å². The van der Waals surface area contributed by atoms with Gasteiger partial charge in [0.05, 0.1) is 15.5 Å². The van der Waals surface area contributed by atoms with Crippen molar-refractivity contribution in [1.82, 2.24) is 0 Å². The van der Waals surface area contributed by atoms with Crippen molar-refractivity contribution in [2.24, 2.45) is 0 Å². The van der Waals surface area contributed by atoms with E-state index < -0.39 is 25.6 Å². The Kier molecular flexibility index (Phi) is 5.69. The Morgan fingerprint density at radius 3 is 2.36 bits per heavy atom. The van der Waals surface area contributed by atoms with Crippen molar-refractivity contribution < 1.29 is 17.6 Å². The first kappa shape index (κ1) is 18.6. The fraction of sp³-hybridized carbons (Fsp3) is 0.538. The maximum Gasteiger partial charge on any atom is 0.270 e. The molecule has 0 radical (unpaired) electrons. The number of rotatable bonds is 6. The molecule has 124 valence electrons. The molecular weight excluding hydrogens is 328 g/mol. The summed E-state index contributed by atoms with van der Waals surface area (Å²) in [5, 5.41) is 13.6. The fourth-order valence-corrected chi connectivity index (χ4v) is 3.44. The Morgan fingerprint density at radius 1 is 1.32 bits per heavy atom. The maximum atomic E-state index is 11.9. The number of sulfone groups is 1. The van der Waals surface area contributed by atoms with Gasteiger partial charge in [0.25, 0.3) is 5.69 Å². The summed E-state index contributed by atoms with van der Waals surface area (Å²) < 4.78 is 35.1. The molecule has 0 saturated carbocycles. The van der Waals surface area contributed by atoms with Gasteiger partial charge < -0.3 is 5.32 Å². The molecule has 7 nitrogen and oxygen atoms in total. The molecule has 22 heavy (non-hydrogen) atoms. The van der Waals surface area contributed by atoms with Crippen LogP contribution in [-0.4, -0.2) is 40.9 Å². The molecule has 0 aliphatic rings. The van der Waals surface area contributed by atoms with Crippen LogP contribution in [0.25, 0.3) is 0 Å². The van der Waals surface area contributed by atoms with Crippen LogP contribution in [0.4, 0.5) is 11.4 Å². The minimum atomic E-state index is -3.61. The van der Waals surface area contributed by atoms with Gasteiger partial charge in [-0.3, -0.25) is 14.3 Å². The third kappa shape index (κ3) is 5.06.